The normalized spacial score (nSPS) is 13.2. The van der Waals surface area contributed by atoms with Gasteiger partial charge >= 0.3 is 0 Å². The van der Waals surface area contributed by atoms with Gasteiger partial charge in [0.05, 0.1) is 0 Å². The van der Waals surface area contributed by atoms with E-state index in [1.54, 1.807) is 13.8 Å². The Hall–Kier alpha value is -6.38. The van der Waals surface area contributed by atoms with E-state index < -0.39 is 12.3 Å². The summed E-state index contributed by atoms with van der Waals surface area (Å²) in [5.74, 6) is 0.742. The summed E-state index contributed by atoms with van der Waals surface area (Å²) in [6.45, 7) is 1.37. The molecule has 0 radical (unpaired) electrons. The second kappa shape index (κ2) is 11.6. The van der Waals surface area contributed by atoms with Crippen LogP contribution in [-0.4, -0.2) is 0 Å². The van der Waals surface area contributed by atoms with E-state index in [-0.39, 0.29) is 0 Å². The molecule has 2 heteroatoms. The van der Waals surface area contributed by atoms with Gasteiger partial charge in [-0.25, -0.2) is 0 Å². The number of benzene rings is 8. The third-order valence-corrected chi connectivity index (χ3v) is 10.5. The average Bonchev–Trinajstić information content (AvgIpc) is 3.78. The molecule has 248 valence electrons. The zero-order valence-electron chi connectivity index (χ0n) is 31.9. The van der Waals surface area contributed by atoms with Crippen molar-refractivity contribution < 1.29 is 12.9 Å². The number of rotatable bonds is 4. The minimum atomic E-state index is -2.18. The average molecular weight is 672 g/mol. The van der Waals surface area contributed by atoms with E-state index in [4.69, 9.17) is 12.9 Å². The van der Waals surface area contributed by atoms with Crippen LogP contribution in [0.25, 0.3) is 99.2 Å². The van der Waals surface area contributed by atoms with E-state index in [1.807, 2.05) is 48.5 Å². The molecule has 0 aliphatic rings. The first-order chi connectivity index (χ1) is 26.7. The minimum Gasteiger partial charge on any atom is -0.456 e. The molecule has 0 amide bonds. The Kier molecular flexibility index (Phi) is 6.09. The van der Waals surface area contributed by atoms with E-state index in [1.165, 1.54) is 38.2 Å². The molecule has 2 aromatic heterocycles. The van der Waals surface area contributed by atoms with Crippen molar-refractivity contribution in [3.8, 4) is 44.7 Å². The second-order valence-electron chi connectivity index (χ2n) is 14.2. The van der Waals surface area contributed by atoms with Gasteiger partial charge in [-0.05, 0) is 84.6 Å². The molecule has 52 heavy (non-hydrogen) atoms. The molecular weight excluding hydrogens is 633 g/mol. The molecule has 0 spiro atoms. The van der Waals surface area contributed by atoms with E-state index >= 15 is 0 Å². The lowest BCUT2D eigenvalue weighted by Crippen LogP contribution is -2.10. The van der Waals surface area contributed by atoms with Crippen molar-refractivity contribution in [1.29, 1.82) is 0 Å². The Morgan fingerprint density at radius 1 is 0.423 bits per heavy atom. The van der Waals surface area contributed by atoms with Crippen molar-refractivity contribution >= 4 is 54.5 Å². The topological polar surface area (TPSA) is 26.3 Å². The number of hydrogen-bond donors (Lipinski definition) is 0. The van der Waals surface area contributed by atoms with Crippen LogP contribution in [-0.2, 0) is 5.41 Å². The lowest BCUT2D eigenvalue weighted by atomic mass is 9.85. The van der Waals surface area contributed by atoms with Crippen LogP contribution in [0.15, 0.2) is 173 Å². The smallest absolute Gasteiger partial charge is 0.144 e. The highest BCUT2D eigenvalue weighted by molar-refractivity contribution is 6.21. The van der Waals surface area contributed by atoms with Crippen LogP contribution in [0.5, 0.6) is 0 Å². The van der Waals surface area contributed by atoms with Crippen molar-refractivity contribution in [2.75, 3.05) is 0 Å². The van der Waals surface area contributed by atoms with Crippen molar-refractivity contribution in [1.82, 2.24) is 0 Å². The number of para-hydroxylation sites is 1. The molecule has 2 heterocycles. The van der Waals surface area contributed by atoms with Crippen LogP contribution in [0.4, 0.5) is 0 Å². The van der Waals surface area contributed by atoms with Crippen LogP contribution < -0.4 is 0 Å². The zero-order chi connectivity index (χ0) is 37.5. The summed E-state index contributed by atoms with van der Waals surface area (Å²) in [7, 11) is 0. The van der Waals surface area contributed by atoms with Gasteiger partial charge in [-0.3, -0.25) is 0 Å². The number of hydrogen-bond acceptors (Lipinski definition) is 2. The molecule has 2 nitrogen and oxygen atoms in total. The number of furan rings is 2. The monoisotopic (exact) mass is 671 g/mol. The fourth-order valence-corrected chi connectivity index (χ4v) is 8.09. The van der Waals surface area contributed by atoms with Gasteiger partial charge < -0.3 is 8.83 Å². The quantitative estimate of drug-likeness (QED) is 0.174. The summed E-state index contributed by atoms with van der Waals surface area (Å²) in [5, 5.41) is 7.64. The van der Waals surface area contributed by atoms with Crippen LogP contribution in [0, 0.1) is 0 Å². The molecule has 0 atom stereocenters. The predicted octanol–water partition coefficient (Wildman–Crippen LogP) is 14.6. The molecule has 0 N–H and O–H groups in total. The third kappa shape index (κ3) is 4.72. The standard InChI is InChI=1S/C50H36O2/c1-50(2,3)34-28-29-43-41(30-34)48-40(21-13-23-44(48)51-43)49-47(39-20-11-12-22-42(39)52-49)33-26-24-32(25-27-33)46-37-18-9-7-16-35(37)45(31-14-5-4-6-15-31)36-17-8-10-19-38(36)46/h4-30H,1-3H3/i1D3. The summed E-state index contributed by atoms with van der Waals surface area (Å²) < 4.78 is 37.9. The van der Waals surface area contributed by atoms with Gasteiger partial charge in [0.2, 0.25) is 0 Å². The minimum absolute atomic E-state index is 0.701. The van der Waals surface area contributed by atoms with Gasteiger partial charge in [0.1, 0.15) is 22.5 Å². The highest BCUT2D eigenvalue weighted by atomic mass is 16.3. The van der Waals surface area contributed by atoms with Gasteiger partial charge in [0.15, 0.2) is 0 Å². The van der Waals surface area contributed by atoms with Crippen LogP contribution in [0.3, 0.4) is 0 Å². The van der Waals surface area contributed by atoms with E-state index in [9.17, 15) is 0 Å². The van der Waals surface area contributed by atoms with Gasteiger partial charge in [-0.15, -0.1) is 0 Å². The lowest BCUT2D eigenvalue weighted by molar-refractivity contribution is 0.590. The molecule has 0 bridgehead atoms. The lowest BCUT2D eigenvalue weighted by Gasteiger charge is -2.18. The molecule has 8 aromatic carbocycles. The summed E-state index contributed by atoms with van der Waals surface area (Å²) in [5.41, 5.74) is 9.61. The Morgan fingerprint density at radius 2 is 0.942 bits per heavy atom. The van der Waals surface area contributed by atoms with Crippen LogP contribution in [0.2, 0.25) is 0 Å². The van der Waals surface area contributed by atoms with E-state index in [0.717, 1.165) is 60.9 Å². The van der Waals surface area contributed by atoms with Crippen molar-refractivity contribution in [3.05, 3.63) is 169 Å². The molecule has 0 fully saturated rings. The summed E-state index contributed by atoms with van der Waals surface area (Å²) in [4.78, 5) is 0. The van der Waals surface area contributed by atoms with Gasteiger partial charge in [0, 0.05) is 31.4 Å². The molecule has 0 saturated carbocycles. The van der Waals surface area contributed by atoms with Gasteiger partial charge in [-0.1, -0.05) is 160 Å². The largest absolute Gasteiger partial charge is 0.456 e. The fourth-order valence-electron chi connectivity index (χ4n) is 8.09. The molecule has 0 aliphatic heterocycles. The number of fused-ring (bicyclic) bond motifs is 6. The van der Waals surface area contributed by atoms with E-state index in [0.29, 0.717) is 5.58 Å². The first kappa shape index (κ1) is 27.4. The van der Waals surface area contributed by atoms with E-state index in [2.05, 4.69) is 115 Å². The summed E-state index contributed by atoms with van der Waals surface area (Å²) >= 11 is 0. The maximum Gasteiger partial charge on any atom is 0.144 e. The highest BCUT2D eigenvalue weighted by Crippen LogP contribution is 2.47. The fraction of sp³-hybridized carbons (Fsp3) is 0.0800. The molecule has 10 aromatic rings. The summed E-state index contributed by atoms with van der Waals surface area (Å²) in [6.07, 6.45) is 0. The zero-order valence-corrected chi connectivity index (χ0v) is 28.9. The Balaban J connectivity index is 1.17. The maximum absolute atomic E-state index is 8.26. The van der Waals surface area contributed by atoms with Crippen molar-refractivity contribution in [2.45, 2.75) is 26.1 Å². The molecule has 10 rings (SSSR count). The molecule has 0 unspecified atom stereocenters. The van der Waals surface area contributed by atoms with Crippen LogP contribution in [0.1, 0.15) is 30.4 Å². The first-order valence-electron chi connectivity index (χ1n) is 19.3. The SMILES string of the molecule is [2H]C([2H])([2H])C(C)(C)c1ccc2oc3cccc(-c4oc5ccccc5c4-c4ccc(-c5c6ccccc6c(-c6ccccc6)c6ccccc56)cc4)c3c2c1. The summed E-state index contributed by atoms with van der Waals surface area (Å²) in [6, 6.07) is 56.9. The Labute approximate surface area is 306 Å². The second-order valence-corrected chi connectivity index (χ2v) is 14.2. The predicted molar refractivity (Wildman–Crippen MR) is 219 cm³/mol. The third-order valence-electron chi connectivity index (χ3n) is 10.5. The van der Waals surface area contributed by atoms with Gasteiger partial charge in [-0.2, -0.15) is 0 Å². The Bertz CT molecular complexity index is 3030. The van der Waals surface area contributed by atoms with Crippen molar-refractivity contribution in [2.24, 2.45) is 0 Å². The van der Waals surface area contributed by atoms with Crippen LogP contribution >= 0.6 is 0 Å². The molecule has 0 saturated heterocycles. The molecule has 0 aliphatic carbocycles. The van der Waals surface area contributed by atoms with Gasteiger partial charge in [0.25, 0.3) is 0 Å². The van der Waals surface area contributed by atoms with Crippen molar-refractivity contribution in [3.63, 3.8) is 0 Å². The first-order valence-corrected chi connectivity index (χ1v) is 17.8. The highest BCUT2D eigenvalue weighted by Gasteiger charge is 2.24. The molecular formula is C50H36O2. The maximum atomic E-state index is 8.26. The Morgan fingerprint density at radius 3 is 1.58 bits per heavy atom.